The Morgan fingerprint density at radius 3 is 2.42 bits per heavy atom. The van der Waals surface area contributed by atoms with Gasteiger partial charge < -0.3 is 5.11 Å². The van der Waals surface area contributed by atoms with Crippen LogP contribution in [0.5, 0.6) is 0 Å². The predicted molar refractivity (Wildman–Crippen MR) is 48.1 cm³/mol. The Kier molecular flexibility index (Phi) is 4.45. The van der Waals surface area contributed by atoms with Crippen LogP contribution in [0.2, 0.25) is 0 Å². The molecule has 1 rings (SSSR count). The Labute approximate surface area is 88.4 Å². The van der Waals surface area contributed by atoms with E-state index in [0.29, 0.717) is 0 Å². The van der Waals surface area contributed by atoms with Crippen LogP contribution in [0, 0.1) is 11.3 Å². The first-order valence-electron chi connectivity index (χ1n) is 2.98. The Morgan fingerprint density at radius 1 is 1.42 bits per heavy atom. The minimum atomic E-state index is -1.07. The second kappa shape index (κ2) is 4.83. The molecule has 0 atom stereocenters. The molecule has 0 radical (unpaired) electrons. The fourth-order valence-electron chi connectivity index (χ4n) is 0.767. The molecule has 0 saturated heterocycles. The molecule has 12 heavy (non-hydrogen) atoms. The van der Waals surface area contributed by atoms with E-state index in [1.807, 2.05) is 0 Å². The molecule has 4 heteroatoms. The van der Waals surface area contributed by atoms with Gasteiger partial charge >= 0.3 is 31.8 Å². The zero-order chi connectivity index (χ0) is 8.27. The number of benzene rings is 1. The van der Waals surface area contributed by atoms with E-state index in [-0.39, 0.29) is 37.0 Å². The van der Waals surface area contributed by atoms with E-state index >= 15 is 0 Å². The number of carboxylic acid groups (broad SMARTS) is 1. The molecule has 1 aromatic rings. The number of carbonyl (C=O) groups is 1. The summed E-state index contributed by atoms with van der Waals surface area (Å²) in [7, 11) is 0. The second-order valence-electron chi connectivity index (χ2n) is 1.96. The van der Waals surface area contributed by atoms with Gasteiger partial charge in [0.1, 0.15) is 6.07 Å². The van der Waals surface area contributed by atoms with E-state index in [2.05, 4.69) is 0 Å². The zero-order valence-corrected chi connectivity index (χ0v) is 5.61. The first-order valence-corrected chi connectivity index (χ1v) is 2.98. The molecule has 0 amide bonds. The van der Waals surface area contributed by atoms with Crippen molar-refractivity contribution >= 4 is 31.8 Å². The van der Waals surface area contributed by atoms with E-state index in [1.165, 1.54) is 12.1 Å². The van der Waals surface area contributed by atoms with E-state index in [0.717, 1.165) is 0 Å². The molecule has 1 N–H and O–H groups in total. The molecule has 0 spiro atoms. The standard InChI is InChI=1S/C8H5NO2.In.3H/c9-5-6-3-1-2-4-7(6)8(10)11;;;;/h1-4H,(H,10,11);;;;. The van der Waals surface area contributed by atoms with Crippen molar-refractivity contribution in [1.82, 2.24) is 0 Å². The first-order chi connectivity index (χ1) is 5.25. The second-order valence-corrected chi connectivity index (χ2v) is 1.96. The summed E-state index contributed by atoms with van der Waals surface area (Å²) < 4.78 is 0. The number of hydrogen-bond donors (Lipinski definition) is 1. The van der Waals surface area contributed by atoms with Gasteiger partial charge in [-0.15, -0.1) is 0 Å². The summed E-state index contributed by atoms with van der Waals surface area (Å²) in [5.41, 5.74) is 0.245. The van der Waals surface area contributed by atoms with Gasteiger partial charge in [0, 0.05) is 0 Å². The van der Waals surface area contributed by atoms with Gasteiger partial charge in [-0.05, 0) is 12.1 Å². The third kappa shape index (κ3) is 2.28. The summed E-state index contributed by atoms with van der Waals surface area (Å²) in [6.45, 7) is 0. The summed E-state index contributed by atoms with van der Waals surface area (Å²) in [5.74, 6) is -1.07. The monoisotopic (exact) mass is 265 g/mol. The maximum absolute atomic E-state index is 10.4. The van der Waals surface area contributed by atoms with Gasteiger partial charge in [-0.25, -0.2) is 4.79 Å². The maximum atomic E-state index is 10.4. The summed E-state index contributed by atoms with van der Waals surface area (Å²) >= 11 is 0. The van der Waals surface area contributed by atoms with Gasteiger partial charge in [-0.1, -0.05) is 12.1 Å². The molecule has 0 aromatic heterocycles. The van der Waals surface area contributed by atoms with Crippen molar-refractivity contribution < 1.29 is 9.90 Å². The van der Waals surface area contributed by atoms with E-state index in [9.17, 15) is 4.79 Å². The average molecular weight is 265 g/mol. The quantitative estimate of drug-likeness (QED) is 0.781. The Morgan fingerprint density at radius 2 is 2.00 bits per heavy atom. The first kappa shape index (κ1) is 11.1. The summed E-state index contributed by atoms with van der Waals surface area (Å²) in [6.07, 6.45) is 0. The van der Waals surface area contributed by atoms with Crippen molar-refractivity contribution in [2.24, 2.45) is 0 Å². The number of rotatable bonds is 1. The molecule has 0 aliphatic carbocycles. The number of carboxylic acids is 1. The zero-order valence-electron chi connectivity index (χ0n) is 5.61. The van der Waals surface area contributed by atoms with Crippen LogP contribution < -0.4 is 0 Å². The number of nitriles is 1. The van der Waals surface area contributed by atoms with Crippen molar-refractivity contribution in [3.63, 3.8) is 0 Å². The normalized spacial score (nSPS) is 7.92. The van der Waals surface area contributed by atoms with Crippen molar-refractivity contribution in [3.05, 3.63) is 35.4 Å². The topological polar surface area (TPSA) is 61.1 Å². The van der Waals surface area contributed by atoms with Crippen molar-refractivity contribution in [2.45, 2.75) is 0 Å². The van der Waals surface area contributed by atoms with Crippen molar-refractivity contribution in [1.29, 1.82) is 5.26 Å². The van der Waals surface area contributed by atoms with Crippen LogP contribution in [0.25, 0.3) is 0 Å². The Hall–Kier alpha value is -0.950. The molecule has 0 aliphatic heterocycles. The van der Waals surface area contributed by atoms with E-state index in [4.69, 9.17) is 10.4 Å². The average Bonchev–Trinajstić information content (AvgIpc) is 2.04. The van der Waals surface area contributed by atoms with Gasteiger partial charge in [0.25, 0.3) is 0 Å². The van der Waals surface area contributed by atoms with Crippen LogP contribution in [-0.2, 0) is 0 Å². The van der Waals surface area contributed by atoms with E-state index in [1.54, 1.807) is 18.2 Å². The fraction of sp³-hybridized carbons (Fsp3) is 0. The van der Waals surface area contributed by atoms with Crippen molar-refractivity contribution in [3.8, 4) is 6.07 Å². The van der Waals surface area contributed by atoms with Gasteiger partial charge in [0.15, 0.2) is 0 Å². The Bertz CT molecular complexity index is 330. The van der Waals surface area contributed by atoms with Crippen LogP contribution in [-0.4, -0.2) is 36.9 Å². The van der Waals surface area contributed by atoms with Crippen LogP contribution in [0.3, 0.4) is 0 Å². The molecular weight excluding hydrogens is 257 g/mol. The van der Waals surface area contributed by atoms with Gasteiger partial charge in [-0.3, -0.25) is 0 Å². The van der Waals surface area contributed by atoms with E-state index < -0.39 is 5.97 Å². The molecule has 0 fully saturated rings. The van der Waals surface area contributed by atoms with Crippen LogP contribution in [0.4, 0.5) is 0 Å². The molecule has 0 saturated carbocycles. The number of nitrogens with zero attached hydrogens (tertiary/aromatic N) is 1. The number of aromatic carboxylic acids is 1. The minimum absolute atomic E-state index is 0. The summed E-state index contributed by atoms with van der Waals surface area (Å²) in [4.78, 5) is 10.4. The Balaban J connectivity index is 0.00000121. The fourth-order valence-corrected chi connectivity index (χ4v) is 0.767. The summed E-state index contributed by atoms with van der Waals surface area (Å²) in [5, 5.41) is 17.0. The summed E-state index contributed by atoms with van der Waals surface area (Å²) in [6, 6.07) is 7.89. The third-order valence-electron chi connectivity index (χ3n) is 1.28. The molecule has 0 aliphatic rings. The molecule has 0 unspecified atom stereocenters. The molecule has 0 heterocycles. The molecule has 0 bridgehead atoms. The molecule has 1 aromatic carbocycles. The number of hydrogen-bond acceptors (Lipinski definition) is 2. The molecule has 3 nitrogen and oxygen atoms in total. The van der Waals surface area contributed by atoms with Gasteiger partial charge in [0.2, 0.25) is 0 Å². The van der Waals surface area contributed by atoms with Crippen LogP contribution in [0.1, 0.15) is 15.9 Å². The third-order valence-corrected chi connectivity index (χ3v) is 1.28. The van der Waals surface area contributed by atoms with Crippen molar-refractivity contribution in [2.75, 3.05) is 0 Å². The predicted octanol–water partition coefficient (Wildman–Crippen LogP) is 0.0726. The molecular formula is C8H8InNO2. The van der Waals surface area contributed by atoms with Crippen LogP contribution in [0.15, 0.2) is 24.3 Å². The SMILES string of the molecule is N#Cc1ccccc1C(=O)O.[InH3]. The van der Waals surface area contributed by atoms with Gasteiger partial charge in [0.05, 0.1) is 11.1 Å². The van der Waals surface area contributed by atoms with Crippen LogP contribution >= 0.6 is 0 Å². The van der Waals surface area contributed by atoms with Gasteiger partial charge in [-0.2, -0.15) is 5.26 Å². The molecule has 60 valence electrons.